The van der Waals surface area contributed by atoms with E-state index < -0.39 is 0 Å². The first-order chi connectivity index (χ1) is 20.7. The van der Waals surface area contributed by atoms with Crippen molar-refractivity contribution in [2.75, 3.05) is 0 Å². The summed E-state index contributed by atoms with van der Waals surface area (Å²) in [6, 6.07) is 44.6. The fourth-order valence-electron chi connectivity index (χ4n) is 5.21. The summed E-state index contributed by atoms with van der Waals surface area (Å²) in [5.41, 5.74) is 9.29. The van der Waals surface area contributed by atoms with E-state index in [1.54, 1.807) is 6.20 Å². The third kappa shape index (κ3) is 5.39. The summed E-state index contributed by atoms with van der Waals surface area (Å²) < 4.78 is 8.42. The van der Waals surface area contributed by atoms with E-state index in [2.05, 4.69) is 46.8 Å². The molecule has 0 saturated heterocycles. The van der Waals surface area contributed by atoms with Crippen molar-refractivity contribution in [2.45, 2.75) is 13.8 Å². The monoisotopic (exact) mass is 735 g/mol. The van der Waals surface area contributed by atoms with Crippen molar-refractivity contribution in [1.29, 1.82) is 0 Å². The molecular formula is C37H26IrN4O-2. The molecule has 4 aromatic carbocycles. The number of nitrogens with zero attached hydrogens (tertiary/aromatic N) is 4. The molecule has 4 aromatic heterocycles. The first-order valence-electron chi connectivity index (χ1n) is 13.8. The number of hydrogen-bond donors (Lipinski definition) is 0. The number of pyridine rings is 2. The number of furan rings is 1. The van der Waals surface area contributed by atoms with Gasteiger partial charge in [0.05, 0.1) is 16.9 Å². The number of rotatable bonds is 3. The SMILES string of the molecule is Cc1ccc2nc(-c3[c-]cc(C)c4c3oc3ccccc34)n(-c3ccccc3)c2n1.[Ir].[c-]1ccccc1-c1ccccn1. The van der Waals surface area contributed by atoms with Gasteiger partial charge in [-0.15, -0.1) is 53.6 Å². The van der Waals surface area contributed by atoms with Crippen LogP contribution in [0, 0.1) is 26.0 Å². The molecule has 0 aliphatic heterocycles. The molecule has 8 rings (SSSR count). The van der Waals surface area contributed by atoms with E-state index in [0.717, 1.165) is 72.7 Å². The quantitative estimate of drug-likeness (QED) is 0.170. The predicted molar refractivity (Wildman–Crippen MR) is 168 cm³/mol. The fourth-order valence-corrected chi connectivity index (χ4v) is 5.21. The Morgan fingerprint density at radius 1 is 0.744 bits per heavy atom. The topological polar surface area (TPSA) is 56.7 Å². The van der Waals surface area contributed by atoms with Gasteiger partial charge in [-0.1, -0.05) is 66.4 Å². The molecule has 0 spiro atoms. The number of aryl methyl sites for hydroxylation is 2. The number of hydrogen-bond acceptors (Lipinski definition) is 4. The molecule has 0 saturated carbocycles. The second-order valence-electron chi connectivity index (χ2n) is 10.0. The van der Waals surface area contributed by atoms with Crippen molar-refractivity contribution in [1.82, 2.24) is 19.5 Å². The summed E-state index contributed by atoms with van der Waals surface area (Å²) in [7, 11) is 0. The third-order valence-electron chi connectivity index (χ3n) is 7.18. The van der Waals surface area contributed by atoms with Crippen LogP contribution in [0.15, 0.2) is 126 Å². The van der Waals surface area contributed by atoms with Crippen molar-refractivity contribution < 1.29 is 24.5 Å². The Kier molecular flexibility index (Phi) is 7.97. The summed E-state index contributed by atoms with van der Waals surface area (Å²) in [4.78, 5) is 14.0. The summed E-state index contributed by atoms with van der Waals surface area (Å²) in [6.07, 6.45) is 1.79. The van der Waals surface area contributed by atoms with E-state index in [1.165, 1.54) is 0 Å². The normalized spacial score (nSPS) is 10.8. The van der Waals surface area contributed by atoms with Crippen molar-refractivity contribution in [3.63, 3.8) is 0 Å². The van der Waals surface area contributed by atoms with Gasteiger partial charge in [-0.3, -0.25) is 4.98 Å². The van der Waals surface area contributed by atoms with Crippen LogP contribution in [0.5, 0.6) is 0 Å². The fraction of sp³-hybridized carbons (Fsp3) is 0.0541. The first kappa shape index (κ1) is 28.2. The molecule has 0 amide bonds. The minimum absolute atomic E-state index is 0. The smallest absolute Gasteiger partial charge is 0.155 e. The second kappa shape index (κ2) is 12.1. The van der Waals surface area contributed by atoms with Crippen LogP contribution < -0.4 is 0 Å². The maximum Gasteiger partial charge on any atom is 0.155 e. The molecular weight excluding hydrogens is 709 g/mol. The summed E-state index contributed by atoms with van der Waals surface area (Å²) in [6.45, 7) is 4.09. The minimum Gasteiger partial charge on any atom is -0.501 e. The van der Waals surface area contributed by atoms with E-state index in [1.807, 2.05) is 104 Å². The number of fused-ring (bicyclic) bond motifs is 4. The largest absolute Gasteiger partial charge is 0.501 e. The standard InChI is InChI=1S/C26H18N3O.C11H8N.Ir/c1-16-12-14-20(24-23(16)19-10-6-7-11-22(19)30-24)25-28-21-15-13-17(2)27-26(21)29(25)18-8-4-3-5-9-18;1-2-6-10(7-3-1)11-8-4-5-9-12-11;/h3-13,15H,1-2H3;1-6,8-9H;/q2*-1;. The van der Waals surface area contributed by atoms with Gasteiger partial charge in [-0.2, -0.15) is 0 Å². The van der Waals surface area contributed by atoms with Crippen LogP contribution in [0.3, 0.4) is 0 Å². The molecule has 1 radical (unpaired) electrons. The number of benzene rings is 4. The molecule has 0 unspecified atom stereocenters. The van der Waals surface area contributed by atoms with Gasteiger partial charge in [0.25, 0.3) is 0 Å². The molecule has 6 heteroatoms. The van der Waals surface area contributed by atoms with E-state index in [0.29, 0.717) is 0 Å². The van der Waals surface area contributed by atoms with Crippen LogP contribution in [-0.2, 0) is 20.1 Å². The zero-order valence-corrected chi connectivity index (χ0v) is 26.0. The van der Waals surface area contributed by atoms with Crippen LogP contribution in [0.4, 0.5) is 0 Å². The Balaban J connectivity index is 0.000000213. The molecule has 5 nitrogen and oxygen atoms in total. The third-order valence-corrected chi connectivity index (χ3v) is 7.18. The molecule has 0 atom stereocenters. The van der Waals surface area contributed by atoms with Crippen molar-refractivity contribution in [3.8, 4) is 28.3 Å². The van der Waals surface area contributed by atoms with Gasteiger partial charge in [0, 0.05) is 43.1 Å². The Hall–Kier alpha value is -4.90. The first-order valence-corrected chi connectivity index (χ1v) is 13.8. The van der Waals surface area contributed by atoms with E-state index >= 15 is 0 Å². The van der Waals surface area contributed by atoms with E-state index in [9.17, 15) is 0 Å². The minimum atomic E-state index is 0. The van der Waals surface area contributed by atoms with Crippen LogP contribution in [0.1, 0.15) is 11.3 Å². The molecule has 0 fully saturated rings. The number of para-hydroxylation sites is 2. The van der Waals surface area contributed by atoms with Gasteiger partial charge in [0.2, 0.25) is 0 Å². The van der Waals surface area contributed by atoms with Gasteiger partial charge < -0.3 is 14.0 Å². The molecule has 8 aromatic rings. The van der Waals surface area contributed by atoms with Gasteiger partial charge in [0.1, 0.15) is 5.58 Å². The Morgan fingerprint density at radius 2 is 1.53 bits per heavy atom. The average Bonchev–Trinajstić information content (AvgIpc) is 3.62. The Labute approximate surface area is 263 Å². The number of imidazole rings is 1. The van der Waals surface area contributed by atoms with Crippen LogP contribution in [0.25, 0.3) is 61.4 Å². The van der Waals surface area contributed by atoms with Crippen LogP contribution >= 0.6 is 0 Å². The van der Waals surface area contributed by atoms with Gasteiger partial charge >= 0.3 is 0 Å². The summed E-state index contributed by atoms with van der Waals surface area (Å²) in [5, 5.41) is 2.21. The molecule has 211 valence electrons. The van der Waals surface area contributed by atoms with Crippen LogP contribution in [0.2, 0.25) is 0 Å². The Morgan fingerprint density at radius 3 is 2.33 bits per heavy atom. The van der Waals surface area contributed by atoms with E-state index in [4.69, 9.17) is 14.4 Å². The molecule has 0 bridgehead atoms. The van der Waals surface area contributed by atoms with Crippen molar-refractivity contribution in [3.05, 3.63) is 145 Å². The predicted octanol–water partition coefficient (Wildman–Crippen LogP) is 8.95. The number of aromatic nitrogens is 4. The van der Waals surface area contributed by atoms with Crippen LogP contribution in [-0.4, -0.2) is 19.5 Å². The zero-order chi connectivity index (χ0) is 28.5. The zero-order valence-electron chi connectivity index (χ0n) is 23.6. The van der Waals surface area contributed by atoms with Crippen molar-refractivity contribution >= 4 is 33.1 Å². The van der Waals surface area contributed by atoms with Gasteiger partial charge in [0.15, 0.2) is 5.65 Å². The van der Waals surface area contributed by atoms with Gasteiger partial charge in [-0.05, 0) is 49.0 Å². The molecule has 43 heavy (non-hydrogen) atoms. The van der Waals surface area contributed by atoms with Crippen molar-refractivity contribution in [2.24, 2.45) is 0 Å². The molecule has 0 aliphatic rings. The summed E-state index contributed by atoms with van der Waals surface area (Å²) in [5.74, 6) is 0.776. The van der Waals surface area contributed by atoms with Gasteiger partial charge in [-0.25, -0.2) is 4.98 Å². The molecule has 4 heterocycles. The molecule has 0 N–H and O–H groups in total. The average molecular weight is 735 g/mol. The maximum atomic E-state index is 6.32. The Bertz CT molecular complexity index is 2120. The van der Waals surface area contributed by atoms with E-state index in [-0.39, 0.29) is 20.1 Å². The maximum absolute atomic E-state index is 6.32. The summed E-state index contributed by atoms with van der Waals surface area (Å²) >= 11 is 0. The molecule has 0 aliphatic carbocycles. The second-order valence-corrected chi connectivity index (χ2v) is 10.0.